The molecule has 2 aliphatic rings. The van der Waals surface area contributed by atoms with Crippen molar-refractivity contribution in [3.05, 3.63) is 65.0 Å². The highest BCUT2D eigenvalue weighted by Crippen LogP contribution is 2.33. The Morgan fingerprint density at radius 2 is 1.86 bits per heavy atom. The fourth-order valence-corrected chi connectivity index (χ4v) is 3.93. The SMILES string of the molecule is O=C(C1CNCc2ccccc2O1)N1CCCCC1c1cc(F)c(F)c(F)c1. The van der Waals surface area contributed by atoms with Crippen LogP contribution in [0.4, 0.5) is 13.2 Å². The number of hydrogen-bond donors (Lipinski definition) is 1. The van der Waals surface area contributed by atoms with Crippen molar-refractivity contribution in [1.29, 1.82) is 0 Å². The Hall–Kier alpha value is -2.54. The number of nitrogens with zero attached hydrogens (tertiary/aromatic N) is 1. The predicted molar refractivity (Wildman–Crippen MR) is 97.2 cm³/mol. The third-order valence-electron chi connectivity index (χ3n) is 5.34. The van der Waals surface area contributed by atoms with Gasteiger partial charge in [0.05, 0.1) is 6.04 Å². The van der Waals surface area contributed by atoms with E-state index in [4.69, 9.17) is 4.74 Å². The van der Waals surface area contributed by atoms with Crippen molar-refractivity contribution in [2.24, 2.45) is 0 Å². The largest absolute Gasteiger partial charge is 0.479 e. The Labute approximate surface area is 161 Å². The van der Waals surface area contributed by atoms with Crippen molar-refractivity contribution in [3.63, 3.8) is 0 Å². The lowest BCUT2D eigenvalue weighted by Crippen LogP contribution is -2.49. The standard InChI is InChI=1S/C21H21F3N2O2/c22-15-9-14(10-16(23)20(15)24)17-6-3-4-8-26(17)21(27)19-12-25-11-13-5-1-2-7-18(13)28-19/h1-2,5,7,9-10,17,19,25H,3-4,6,8,11-12H2. The second-order valence-electron chi connectivity index (χ2n) is 7.19. The molecule has 2 aliphatic heterocycles. The van der Waals surface area contributed by atoms with Gasteiger partial charge < -0.3 is 15.0 Å². The minimum absolute atomic E-state index is 0.237. The lowest BCUT2D eigenvalue weighted by molar-refractivity contribution is -0.142. The van der Waals surface area contributed by atoms with Crippen LogP contribution in [0.1, 0.15) is 36.4 Å². The first-order valence-corrected chi connectivity index (χ1v) is 9.45. The maximum Gasteiger partial charge on any atom is 0.265 e. The van der Waals surface area contributed by atoms with Gasteiger partial charge in [0.1, 0.15) is 5.75 Å². The van der Waals surface area contributed by atoms with E-state index in [0.717, 1.165) is 30.5 Å². The van der Waals surface area contributed by atoms with Gasteiger partial charge in [-0.25, -0.2) is 13.2 Å². The molecule has 1 fully saturated rings. The molecular formula is C21H21F3N2O2. The highest BCUT2D eigenvalue weighted by atomic mass is 19.2. The van der Waals surface area contributed by atoms with Crippen LogP contribution in [0, 0.1) is 17.5 Å². The summed E-state index contributed by atoms with van der Waals surface area (Å²) in [6.45, 7) is 1.40. The van der Waals surface area contributed by atoms with Gasteiger partial charge >= 0.3 is 0 Å². The highest BCUT2D eigenvalue weighted by molar-refractivity contribution is 5.82. The number of carbonyl (C=O) groups is 1. The average molecular weight is 390 g/mol. The molecule has 4 nitrogen and oxygen atoms in total. The van der Waals surface area contributed by atoms with Gasteiger partial charge in [-0.1, -0.05) is 18.2 Å². The fraction of sp³-hybridized carbons (Fsp3) is 0.381. The zero-order valence-electron chi connectivity index (χ0n) is 15.3. The Balaban J connectivity index is 1.60. The van der Waals surface area contributed by atoms with Crippen molar-refractivity contribution in [1.82, 2.24) is 10.2 Å². The van der Waals surface area contributed by atoms with Gasteiger partial charge in [-0.05, 0) is 43.0 Å². The summed E-state index contributed by atoms with van der Waals surface area (Å²) >= 11 is 0. The van der Waals surface area contributed by atoms with Crippen LogP contribution in [0.15, 0.2) is 36.4 Å². The zero-order valence-corrected chi connectivity index (χ0v) is 15.3. The second kappa shape index (κ2) is 7.83. The third kappa shape index (κ3) is 3.58. The maximum atomic E-state index is 13.7. The minimum atomic E-state index is -1.50. The normalized spacial score (nSPS) is 22.2. The van der Waals surface area contributed by atoms with Crippen LogP contribution in [0.3, 0.4) is 0 Å². The molecule has 0 aromatic heterocycles. The number of benzene rings is 2. The number of halogens is 3. The monoisotopic (exact) mass is 390 g/mol. The number of amides is 1. The van der Waals surface area contributed by atoms with E-state index >= 15 is 0 Å². The predicted octanol–water partition coefficient (Wildman–Crippen LogP) is 3.71. The number of rotatable bonds is 2. The first-order chi connectivity index (χ1) is 13.5. The molecule has 2 atom stereocenters. The number of hydrogen-bond acceptors (Lipinski definition) is 3. The van der Waals surface area contributed by atoms with E-state index in [2.05, 4.69) is 5.32 Å². The van der Waals surface area contributed by atoms with Crippen molar-refractivity contribution < 1.29 is 22.7 Å². The van der Waals surface area contributed by atoms with E-state index < -0.39 is 29.6 Å². The molecule has 2 aromatic rings. The topological polar surface area (TPSA) is 41.6 Å². The summed E-state index contributed by atoms with van der Waals surface area (Å²) in [5.41, 5.74) is 1.24. The molecule has 2 unspecified atom stereocenters. The number of nitrogens with one attached hydrogen (secondary N) is 1. The summed E-state index contributed by atoms with van der Waals surface area (Å²) in [6.07, 6.45) is 1.44. The number of carbonyl (C=O) groups excluding carboxylic acids is 1. The molecule has 0 saturated carbocycles. The van der Waals surface area contributed by atoms with E-state index in [9.17, 15) is 18.0 Å². The van der Waals surface area contributed by atoms with E-state index in [-0.39, 0.29) is 11.5 Å². The molecule has 4 rings (SSSR count). The molecule has 148 valence electrons. The van der Waals surface area contributed by atoms with Gasteiger partial charge in [0.25, 0.3) is 5.91 Å². The summed E-state index contributed by atoms with van der Waals surface area (Å²) in [4.78, 5) is 14.8. The van der Waals surface area contributed by atoms with Crippen molar-refractivity contribution in [2.75, 3.05) is 13.1 Å². The Bertz CT molecular complexity index is 867. The summed E-state index contributed by atoms with van der Waals surface area (Å²) in [5.74, 6) is -3.56. The van der Waals surface area contributed by atoms with Crippen LogP contribution in [0.5, 0.6) is 5.75 Å². The van der Waals surface area contributed by atoms with Gasteiger partial charge in [0.15, 0.2) is 23.6 Å². The van der Waals surface area contributed by atoms with E-state index in [1.54, 1.807) is 4.90 Å². The van der Waals surface area contributed by atoms with Crippen LogP contribution in [-0.2, 0) is 11.3 Å². The fourth-order valence-electron chi connectivity index (χ4n) is 3.93. The quantitative estimate of drug-likeness (QED) is 0.795. The second-order valence-corrected chi connectivity index (χ2v) is 7.19. The van der Waals surface area contributed by atoms with Crippen LogP contribution >= 0.6 is 0 Å². The van der Waals surface area contributed by atoms with Crippen LogP contribution < -0.4 is 10.1 Å². The lowest BCUT2D eigenvalue weighted by Gasteiger charge is -2.38. The van der Waals surface area contributed by atoms with E-state index in [1.807, 2.05) is 24.3 Å². The maximum absolute atomic E-state index is 13.7. The molecule has 0 radical (unpaired) electrons. The Kier molecular flexibility index (Phi) is 5.26. The Morgan fingerprint density at radius 3 is 2.64 bits per heavy atom. The van der Waals surface area contributed by atoms with Gasteiger partial charge in [-0.15, -0.1) is 0 Å². The molecule has 1 amide bonds. The van der Waals surface area contributed by atoms with Crippen LogP contribution in [0.2, 0.25) is 0 Å². The number of likely N-dealkylation sites (tertiary alicyclic amines) is 1. The zero-order chi connectivity index (χ0) is 19.7. The van der Waals surface area contributed by atoms with E-state index in [0.29, 0.717) is 31.8 Å². The van der Waals surface area contributed by atoms with Gasteiger partial charge in [0, 0.05) is 25.2 Å². The van der Waals surface area contributed by atoms with Crippen LogP contribution in [-0.4, -0.2) is 30.0 Å². The molecule has 1 N–H and O–H groups in total. The highest BCUT2D eigenvalue weighted by Gasteiger charge is 2.35. The first-order valence-electron chi connectivity index (χ1n) is 9.45. The minimum Gasteiger partial charge on any atom is -0.479 e. The molecular weight excluding hydrogens is 369 g/mol. The summed E-state index contributed by atoms with van der Waals surface area (Å²) < 4.78 is 46.8. The summed E-state index contributed by atoms with van der Waals surface area (Å²) in [5, 5.41) is 3.21. The van der Waals surface area contributed by atoms with Gasteiger partial charge in [0.2, 0.25) is 0 Å². The number of piperidine rings is 1. The first kappa shape index (κ1) is 18.8. The Morgan fingerprint density at radius 1 is 1.11 bits per heavy atom. The molecule has 7 heteroatoms. The van der Waals surface area contributed by atoms with Gasteiger partial charge in [-0.2, -0.15) is 0 Å². The molecule has 0 spiro atoms. The van der Waals surface area contributed by atoms with Crippen molar-refractivity contribution in [3.8, 4) is 5.75 Å². The molecule has 28 heavy (non-hydrogen) atoms. The van der Waals surface area contributed by atoms with Gasteiger partial charge in [-0.3, -0.25) is 4.79 Å². The molecule has 0 bridgehead atoms. The van der Waals surface area contributed by atoms with Crippen molar-refractivity contribution >= 4 is 5.91 Å². The average Bonchev–Trinajstić information content (AvgIpc) is 2.93. The number of fused-ring (bicyclic) bond motifs is 1. The van der Waals surface area contributed by atoms with Crippen LogP contribution in [0.25, 0.3) is 0 Å². The summed E-state index contributed by atoms with van der Waals surface area (Å²) in [7, 11) is 0. The smallest absolute Gasteiger partial charge is 0.265 e. The van der Waals surface area contributed by atoms with Crippen molar-refractivity contribution in [2.45, 2.75) is 38.0 Å². The number of para-hydroxylation sites is 1. The molecule has 0 aliphatic carbocycles. The third-order valence-corrected chi connectivity index (χ3v) is 5.34. The molecule has 2 aromatic carbocycles. The molecule has 2 heterocycles. The van der Waals surface area contributed by atoms with E-state index in [1.165, 1.54) is 0 Å². The number of ether oxygens (including phenoxy) is 1. The molecule has 1 saturated heterocycles. The lowest BCUT2D eigenvalue weighted by atomic mass is 9.94. The summed E-state index contributed by atoms with van der Waals surface area (Å²) in [6, 6.07) is 8.97.